The molecule has 114 valence electrons. The Kier molecular flexibility index (Phi) is 5.31. The highest BCUT2D eigenvalue weighted by Gasteiger charge is 2.25. The van der Waals surface area contributed by atoms with Gasteiger partial charge < -0.3 is 16.0 Å². The Bertz CT molecular complexity index is 551. The summed E-state index contributed by atoms with van der Waals surface area (Å²) in [5.74, 6) is -0.211. The van der Waals surface area contributed by atoms with E-state index in [2.05, 4.69) is 5.32 Å². The van der Waals surface area contributed by atoms with E-state index in [0.29, 0.717) is 35.2 Å². The van der Waals surface area contributed by atoms with E-state index in [1.165, 1.54) is 0 Å². The quantitative estimate of drug-likeness (QED) is 0.893. The van der Waals surface area contributed by atoms with Crippen molar-refractivity contribution in [3.8, 4) is 0 Å². The summed E-state index contributed by atoms with van der Waals surface area (Å²) in [6.07, 6.45) is 2.07. The molecule has 1 heterocycles. The van der Waals surface area contributed by atoms with Crippen LogP contribution in [0.3, 0.4) is 0 Å². The summed E-state index contributed by atoms with van der Waals surface area (Å²) in [4.78, 5) is 24.9. The summed E-state index contributed by atoms with van der Waals surface area (Å²) in [7, 11) is 0. The van der Waals surface area contributed by atoms with Crippen LogP contribution in [0.25, 0.3) is 0 Å². The molecule has 0 aromatic heterocycles. The average molecular weight is 330 g/mol. The number of nitrogens with zero attached hydrogens (tertiary/aromatic N) is 1. The fraction of sp³-hybridized carbons (Fsp3) is 0.429. The molecule has 1 aliphatic heterocycles. The lowest BCUT2D eigenvalue weighted by atomic mass is 9.95. The second-order valence-electron chi connectivity index (χ2n) is 5.16. The van der Waals surface area contributed by atoms with Gasteiger partial charge in [0.05, 0.1) is 15.7 Å². The number of urea groups is 1. The number of likely N-dealkylation sites (tertiary alicyclic amines) is 1. The van der Waals surface area contributed by atoms with Crippen LogP contribution in [-0.4, -0.2) is 29.9 Å². The number of rotatable bonds is 3. The molecule has 0 spiro atoms. The number of anilines is 1. The first kappa shape index (κ1) is 15.9. The van der Waals surface area contributed by atoms with E-state index in [1.54, 1.807) is 23.1 Å². The lowest BCUT2D eigenvalue weighted by molar-refractivity contribution is -0.119. The number of benzene rings is 1. The van der Waals surface area contributed by atoms with Crippen LogP contribution >= 0.6 is 23.2 Å². The topological polar surface area (TPSA) is 75.4 Å². The third-order valence-electron chi connectivity index (χ3n) is 3.49. The number of primary amides is 1. The Morgan fingerprint density at radius 1 is 1.38 bits per heavy atom. The molecule has 0 aliphatic carbocycles. The zero-order valence-electron chi connectivity index (χ0n) is 11.4. The monoisotopic (exact) mass is 329 g/mol. The van der Waals surface area contributed by atoms with E-state index in [1.807, 2.05) is 0 Å². The molecule has 0 unspecified atom stereocenters. The maximum atomic E-state index is 12.3. The molecule has 7 heteroatoms. The molecule has 3 amide bonds. The number of hydrogen-bond donors (Lipinski definition) is 2. The molecule has 1 aromatic carbocycles. The van der Waals surface area contributed by atoms with Crippen LogP contribution in [0, 0.1) is 5.92 Å². The van der Waals surface area contributed by atoms with Crippen molar-refractivity contribution in [1.82, 2.24) is 4.90 Å². The second-order valence-corrected chi connectivity index (χ2v) is 5.94. The van der Waals surface area contributed by atoms with E-state index < -0.39 is 0 Å². The van der Waals surface area contributed by atoms with Gasteiger partial charge in [-0.1, -0.05) is 29.3 Å². The van der Waals surface area contributed by atoms with Crippen molar-refractivity contribution in [3.05, 3.63) is 28.2 Å². The van der Waals surface area contributed by atoms with Crippen LogP contribution in [0.15, 0.2) is 18.2 Å². The Labute approximate surface area is 133 Å². The van der Waals surface area contributed by atoms with Gasteiger partial charge in [-0.25, -0.2) is 4.79 Å². The Hall–Kier alpha value is -1.46. The van der Waals surface area contributed by atoms with Gasteiger partial charge in [-0.15, -0.1) is 0 Å². The molecule has 21 heavy (non-hydrogen) atoms. The van der Waals surface area contributed by atoms with Crippen molar-refractivity contribution in [3.63, 3.8) is 0 Å². The summed E-state index contributed by atoms with van der Waals surface area (Å²) in [6, 6.07) is 4.82. The predicted octanol–water partition coefficient (Wildman–Crippen LogP) is 3.11. The number of carbonyl (C=O) groups is 2. The van der Waals surface area contributed by atoms with Crippen molar-refractivity contribution in [1.29, 1.82) is 0 Å². The zero-order chi connectivity index (χ0) is 15.4. The minimum Gasteiger partial charge on any atom is -0.370 e. The lowest BCUT2D eigenvalue weighted by Crippen LogP contribution is -2.43. The molecular weight excluding hydrogens is 313 g/mol. The highest BCUT2D eigenvalue weighted by molar-refractivity contribution is 6.43. The molecule has 1 fully saturated rings. The first-order valence-electron chi connectivity index (χ1n) is 6.75. The number of nitrogens with two attached hydrogens (primary N) is 1. The van der Waals surface area contributed by atoms with Gasteiger partial charge >= 0.3 is 6.03 Å². The van der Waals surface area contributed by atoms with Gasteiger partial charge in [0.2, 0.25) is 5.91 Å². The molecule has 0 radical (unpaired) electrons. The van der Waals surface area contributed by atoms with Gasteiger partial charge in [0, 0.05) is 19.5 Å². The van der Waals surface area contributed by atoms with Gasteiger partial charge in [0.25, 0.3) is 0 Å². The van der Waals surface area contributed by atoms with Gasteiger partial charge in [0.1, 0.15) is 0 Å². The first-order valence-corrected chi connectivity index (χ1v) is 7.51. The van der Waals surface area contributed by atoms with E-state index >= 15 is 0 Å². The van der Waals surface area contributed by atoms with Gasteiger partial charge in [-0.2, -0.15) is 0 Å². The van der Waals surface area contributed by atoms with Crippen LogP contribution in [0.4, 0.5) is 10.5 Å². The average Bonchev–Trinajstić information content (AvgIpc) is 2.43. The van der Waals surface area contributed by atoms with Crippen LogP contribution in [-0.2, 0) is 4.79 Å². The predicted molar refractivity (Wildman–Crippen MR) is 83.6 cm³/mol. The lowest BCUT2D eigenvalue weighted by Gasteiger charge is -2.32. The minimum atomic E-state index is -0.333. The Morgan fingerprint density at radius 2 is 2.14 bits per heavy atom. The van der Waals surface area contributed by atoms with Crippen molar-refractivity contribution in [2.24, 2.45) is 11.7 Å². The largest absolute Gasteiger partial charge is 0.370 e. The number of hydrogen-bond acceptors (Lipinski definition) is 2. The molecule has 2 rings (SSSR count). The number of halogens is 2. The van der Waals surface area contributed by atoms with Crippen LogP contribution in [0.2, 0.25) is 10.0 Å². The Balaban J connectivity index is 1.99. The zero-order valence-corrected chi connectivity index (χ0v) is 13.0. The summed E-state index contributed by atoms with van der Waals surface area (Å²) in [6.45, 7) is 1.17. The number of nitrogens with one attached hydrogen (secondary N) is 1. The molecule has 0 bridgehead atoms. The molecule has 0 saturated carbocycles. The fourth-order valence-electron chi connectivity index (χ4n) is 2.50. The van der Waals surface area contributed by atoms with Gasteiger partial charge in [-0.05, 0) is 30.9 Å². The maximum absolute atomic E-state index is 12.3. The van der Waals surface area contributed by atoms with Crippen molar-refractivity contribution in [2.45, 2.75) is 19.3 Å². The number of carbonyl (C=O) groups excluding carboxylic acids is 2. The molecule has 1 aliphatic rings. The van der Waals surface area contributed by atoms with E-state index in [9.17, 15) is 9.59 Å². The first-order chi connectivity index (χ1) is 9.97. The standard InChI is InChI=1S/C14H17Cl2N3O2/c15-10-4-1-5-11(13(10)16)18-14(21)19-6-2-3-9(8-19)7-12(17)20/h1,4-5,9H,2-3,6-8H2,(H2,17,20)(H,18,21)/t9-/m1/s1. The molecule has 5 nitrogen and oxygen atoms in total. The number of piperidine rings is 1. The third-order valence-corrected chi connectivity index (χ3v) is 4.31. The van der Waals surface area contributed by atoms with Gasteiger partial charge in [-0.3, -0.25) is 4.79 Å². The van der Waals surface area contributed by atoms with Crippen LogP contribution in [0.1, 0.15) is 19.3 Å². The second kappa shape index (κ2) is 7.00. The fourth-order valence-corrected chi connectivity index (χ4v) is 2.84. The molecule has 3 N–H and O–H groups in total. The smallest absolute Gasteiger partial charge is 0.321 e. The van der Waals surface area contributed by atoms with Crippen molar-refractivity contribution in [2.75, 3.05) is 18.4 Å². The summed E-state index contributed by atoms with van der Waals surface area (Å²) < 4.78 is 0. The van der Waals surface area contributed by atoms with Gasteiger partial charge in [0.15, 0.2) is 0 Å². The third kappa shape index (κ3) is 4.25. The van der Waals surface area contributed by atoms with Crippen molar-refractivity contribution >= 4 is 40.8 Å². The van der Waals surface area contributed by atoms with Crippen LogP contribution in [0.5, 0.6) is 0 Å². The SMILES string of the molecule is NC(=O)C[C@H]1CCCN(C(=O)Nc2cccc(Cl)c2Cl)C1. The van der Waals surface area contributed by atoms with E-state index in [4.69, 9.17) is 28.9 Å². The van der Waals surface area contributed by atoms with E-state index in [0.717, 1.165) is 12.8 Å². The normalized spacial score (nSPS) is 18.4. The molecule has 1 aromatic rings. The minimum absolute atomic E-state index is 0.122. The molecule has 1 saturated heterocycles. The summed E-state index contributed by atoms with van der Waals surface area (Å²) in [5.41, 5.74) is 5.69. The Morgan fingerprint density at radius 3 is 2.86 bits per heavy atom. The molecule has 1 atom stereocenters. The van der Waals surface area contributed by atoms with E-state index in [-0.39, 0.29) is 17.9 Å². The molecular formula is C14H17Cl2N3O2. The van der Waals surface area contributed by atoms with Crippen molar-refractivity contribution < 1.29 is 9.59 Å². The van der Waals surface area contributed by atoms with Crippen LogP contribution < -0.4 is 11.1 Å². The summed E-state index contributed by atoms with van der Waals surface area (Å²) >= 11 is 12.0. The highest BCUT2D eigenvalue weighted by atomic mass is 35.5. The highest BCUT2D eigenvalue weighted by Crippen LogP contribution is 2.30. The maximum Gasteiger partial charge on any atom is 0.321 e. The summed E-state index contributed by atoms with van der Waals surface area (Å²) in [5, 5.41) is 3.46. The number of amides is 3.